The fraction of sp³-hybridized carbons (Fsp3) is 0.625. The monoisotopic (exact) mass is 448 g/mol. The lowest BCUT2D eigenvalue weighted by molar-refractivity contribution is -0.163. The average molecular weight is 449 g/mol. The van der Waals surface area contributed by atoms with E-state index in [-0.39, 0.29) is 25.0 Å². The maximum Gasteiger partial charge on any atom is 0.410 e. The molecule has 0 saturated carbocycles. The van der Waals surface area contributed by atoms with Crippen molar-refractivity contribution in [3.63, 3.8) is 0 Å². The van der Waals surface area contributed by atoms with Gasteiger partial charge in [-0.3, -0.25) is 14.5 Å². The lowest BCUT2D eigenvalue weighted by Crippen LogP contribution is -2.54. The molecule has 1 aliphatic heterocycles. The Morgan fingerprint density at radius 2 is 1.66 bits per heavy atom. The van der Waals surface area contributed by atoms with Gasteiger partial charge in [0.25, 0.3) is 0 Å². The number of hydrogen-bond donors (Lipinski definition) is 1. The molecule has 8 heteroatoms. The molecule has 178 valence electrons. The minimum atomic E-state index is -1.53. The van der Waals surface area contributed by atoms with Gasteiger partial charge in [0.15, 0.2) is 5.41 Å². The minimum Gasteiger partial charge on any atom is -0.480 e. The summed E-state index contributed by atoms with van der Waals surface area (Å²) in [6.45, 7) is 13.7. The second-order valence-electron chi connectivity index (χ2n) is 9.39. The van der Waals surface area contributed by atoms with Crippen LogP contribution >= 0.6 is 0 Å². The van der Waals surface area contributed by atoms with E-state index in [4.69, 9.17) is 9.47 Å². The summed E-state index contributed by atoms with van der Waals surface area (Å²) in [7, 11) is 0. The average Bonchev–Trinajstić information content (AvgIpc) is 2.69. The first-order valence-electron chi connectivity index (χ1n) is 11.2. The highest BCUT2D eigenvalue weighted by Gasteiger charge is 2.44. The predicted octanol–water partition coefficient (Wildman–Crippen LogP) is 3.92. The van der Waals surface area contributed by atoms with Gasteiger partial charge in [-0.05, 0) is 58.2 Å². The number of carboxylic acids is 1. The zero-order chi connectivity index (χ0) is 24.1. The summed E-state index contributed by atoms with van der Waals surface area (Å²) in [6, 6.07) is 7.14. The van der Waals surface area contributed by atoms with Crippen LogP contribution in [-0.2, 0) is 20.9 Å². The number of rotatable bonds is 7. The van der Waals surface area contributed by atoms with Crippen molar-refractivity contribution in [2.24, 2.45) is 5.41 Å². The second kappa shape index (κ2) is 10.3. The van der Waals surface area contributed by atoms with Gasteiger partial charge in [0.05, 0.1) is 0 Å². The number of amides is 1. The zero-order valence-electron chi connectivity index (χ0n) is 20.0. The van der Waals surface area contributed by atoms with E-state index in [1.807, 2.05) is 39.8 Å². The summed E-state index contributed by atoms with van der Waals surface area (Å²) in [6.07, 6.45) is 0.0549. The Bertz CT molecular complexity index is 811. The molecule has 1 N–H and O–H groups in total. The highest BCUT2D eigenvalue weighted by molar-refractivity contribution is 5.99. The quantitative estimate of drug-likeness (QED) is 0.384. The van der Waals surface area contributed by atoms with Gasteiger partial charge in [-0.25, -0.2) is 4.79 Å². The molecule has 8 nitrogen and oxygen atoms in total. The molecule has 1 atom stereocenters. The fourth-order valence-corrected chi connectivity index (χ4v) is 3.82. The standard InChI is InChI=1S/C24H36N2O6/c1-7-24(8-2,20(27)28)21(29)31-19-11-9-18(10-12-19)16-25-13-14-26(17(3)15-25)22(30)32-23(4,5)6/h9-12,17H,7-8,13-16H2,1-6H3,(H,27,28)/t17-/m0/s1. The first kappa shape index (κ1) is 25.6. The molecule has 0 aromatic heterocycles. The van der Waals surface area contributed by atoms with Gasteiger partial charge in [0.2, 0.25) is 0 Å². The summed E-state index contributed by atoms with van der Waals surface area (Å²) < 4.78 is 10.9. The number of aliphatic carboxylic acids is 1. The van der Waals surface area contributed by atoms with Crippen LogP contribution in [0.5, 0.6) is 5.75 Å². The lowest BCUT2D eigenvalue weighted by Gasteiger charge is -2.40. The predicted molar refractivity (Wildman–Crippen MR) is 120 cm³/mol. The number of esters is 1. The molecule has 1 saturated heterocycles. The van der Waals surface area contributed by atoms with E-state index in [1.165, 1.54) is 0 Å². The summed E-state index contributed by atoms with van der Waals surface area (Å²) >= 11 is 0. The van der Waals surface area contributed by atoms with Crippen molar-refractivity contribution in [1.29, 1.82) is 0 Å². The maximum atomic E-state index is 12.5. The van der Waals surface area contributed by atoms with Crippen LogP contribution in [0, 0.1) is 5.41 Å². The fourth-order valence-electron chi connectivity index (χ4n) is 3.82. The normalized spacial score (nSPS) is 17.7. The number of hydrogen-bond acceptors (Lipinski definition) is 6. The third-order valence-electron chi connectivity index (χ3n) is 5.89. The molecule has 1 aromatic carbocycles. The highest BCUT2D eigenvalue weighted by Crippen LogP contribution is 2.29. The molecule has 0 unspecified atom stereocenters. The molecular weight excluding hydrogens is 412 g/mol. The third-order valence-corrected chi connectivity index (χ3v) is 5.89. The molecule has 1 amide bonds. The minimum absolute atomic E-state index is 0.0334. The Labute approximate surface area is 190 Å². The third kappa shape index (κ3) is 6.22. The van der Waals surface area contributed by atoms with Crippen molar-refractivity contribution in [1.82, 2.24) is 9.80 Å². The van der Waals surface area contributed by atoms with Gasteiger partial charge >= 0.3 is 18.0 Å². The van der Waals surface area contributed by atoms with E-state index in [2.05, 4.69) is 4.90 Å². The van der Waals surface area contributed by atoms with E-state index >= 15 is 0 Å². The highest BCUT2D eigenvalue weighted by atomic mass is 16.6. The number of benzene rings is 1. The van der Waals surface area contributed by atoms with Gasteiger partial charge in [-0.1, -0.05) is 26.0 Å². The van der Waals surface area contributed by atoms with Gasteiger partial charge in [0.1, 0.15) is 11.4 Å². The zero-order valence-corrected chi connectivity index (χ0v) is 20.0. The van der Waals surface area contributed by atoms with Crippen LogP contribution in [0.1, 0.15) is 59.9 Å². The molecule has 1 aliphatic rings. The van der Waals surface area contributed by atoms with Crippen LogP contribution in [0.3, 0.4) is 0 Å². The number of ether oxygens (including phenoxy) is 2. The van der Waals surface area contributed by atoms with Gasteiger partial charge < -0.3 is 19.5 Å². The van der Waals surface area contributed by atoms with E-state index < -0.39 is 23.0 Å². The Morgan fingerprint density at radius 1 is 1.06 bits per heavy atom. The molecule has 0 aliphatic carbocycles. The SMILES string of the molecule is CCC(CC)(C(=O)O)C(=O)Oc1ccc(CN2CCN(C(=O)OC(C)(C)C)[C@@H](C)C2)cc1. The Kier molecular flexibility index (Phi) is 8.29. The van der Waals surface area contributed by atoms with Crippen molar-refractivity contribution >= 4 is 18.0 Å². The molecule has 2 rings (SSSR count). The number of carboxylic acid groups (broad SMARTS) is 1. The largest absolute Gasteiger partial charge is 0.480 e. The van der Waals surface area contributed by atoms with E-state index in [0.717, 1.165) is 18.7 Å². The Hall–Kier alpha value is -2.61. The molecular formula is C24H36N2O6. The number of nitrogens with zero attached hydrogens (tertiary/aromatic N) is 2. The van der Waals surface area contributed by atoms with Crippen LogP contribution in [-0.4, -0.2) is 64.2 Å². The van der Waals surface area contributed by atoms with Gasteiger partial charge in [-0.15, -0.1) is 0 Å². The van der Waals surface area contributed by atoms with Crippen LogP contribution in [0.4, 0.5) is 4.79 Å². The molecule has 1 aromatic rings. The van der Waals surface area contributed by atoms with Crippen molar-refractivity contribution < 1.29 is 29.0 Å². The molecule has 1 heterocycles. The van der Waals surface area contributed by atoms with Crippen molar-refractivity contribution in [2.45, 2.75) is 72.6 Å². The molecule has 32 heavy (non-hydrogen) atoms. The molecule has 0 spiro atoms. The van der Waals surface area contributed by atoms with Crippen LogP contribution in [0.15, 0.2) is 24.3 Å². The van der Waals surface area contributed by atoms with E-state index in [9.17, 15) is 19.5 Å². The maximum absolute atomic E-state index is 12.5. The Morgan fingerprint density at radius 3 is 2.12 bits per heavy atom. The smallest absolute Gasteiger partial charge is 0.410 e. The molecule has 1 fully saturated rings. The second-order valence-corrected chi connectivity index (χ2v) is 9.39. The van der Waals surface area contributed by atoms with Gasteiger partial charge in [-0.2, -0.15) is 0 Å². The van der Waals surface area contributed by atoms with Crippen LogP contribution in [0.2, 0.25) is 0 Å². The van der Waals surface area contributed by atoms with Gasteiger partial charge in [0, 0.05) is 32.2 Å². The summed E-state index contributed by atoms with van der Waals surface area (Å²) in [5.41, 5.74) is -1.00. The first-order valence-corrected chi connectivity index (χ1v) is 11.2. The summed E-state index contributed by atoms with van der Waals surface area (Å²) in [4.78, 5) is 40.5. The van der Waals surface area contributed by atoms with Crippen molar-refractivity contribution in [3.8, 4) is 5.75 Å². The van der Waals surface area contributed by atoms with Crippen LogP contribution in [0.25, 0.3) is 0 Å². The Balaban J connectivity index is 1.94. The van der Waals surface area contributed by atoms with E-state index in [1.54, 1.807) is 30.9 Å². The van der Waals surface area contributed by atoms with Crippen molar-refractivity contribution in [3.05, 3.63) is 29.8 Å². The topological polar surface area (TPSA) is 96.4 Å². The number of piperazine rings is 1. The molecule has 0 radical (unpaired) electrons. The number of carbonyl (C=O) groups excluding carboxylic acids is 2. The molecule has 0 bridgehead atoms. The van der Waals surface area contributed by atoms with Crippen molar-refractivity contribution in [2.75, 3.05) is 19.6 Å². The number of carbonyl (C=O) groups is 3. The first-order chi connectivity index (χ1) is 14.9. The summed E-state index contributed by atoms with van der Waals surface area (Å²) in [5.74, 6) is -1.58. The lowest BCUT2D eigenvalue weighted by atomic mass is 9.82. The van der Waals surface area contributed by atoms with E-state index in [0.29, 0.717) is 18.8 Å². The summed E-state index contributed by atoms with van der Waals surface area (Å²) in [5, 5.41) is 9.49. The van der Waals surface area contributed by atoms with Crippen LogP contribution < -0.4 is 4.74 Å².